The fourth-order valence-electron chi connectivity index (χ4n) is 3.15. The fourth-order valence-corrected chi connectivity index (χ4v) is 3.15. The number of hydrogen-bond acceptors (Lipinski definition) is 4. The molecule has 0 aliphatic heterocycles. The van der Waals surface area contributed by atoms with Gasteiger partial charge in [0.2, 0.25) is 0 Å². The zero-order valence-electron chi connectivity index (χ0n) is 13.7. The number of nitrogens with zero attached hydrogens (tertiary/aromatic N) is 2. The minimum absolute atomic E-state index is 0.0407. The van der Waals surface area contributed by atoms with Gasteiger partial charge in [-0.1, -0.05) is 34.6 Å². The number of nitrogens with two attached hydrogens (primary N) is 1. The second-order valence-corrected chi connectivity index (χ2v) is 6.03. The summed E-state index contributed by atoms with van der Waals surface area (Å²) in [7, 11) is 1.68. The molecule has 0 bridgehead atoms. The standard InChI is InChI=1S/C15H30N4O/c1-7-8-19-15(12(20-6)9-17-19)14(18-16)13(10(2)3)11(4)5/h9-11,13-14,18H,7-8,16H2,1-6H3. The van der Waals surface area contributed by atoms with Gasteiger partial charge in [0.25, 0.3) is 0 Å². The molecule has 5 heteroatoms. The summed E-state index contributed by atoms with van der Waals surface area (Å²) >= 11 is 0. The highest BCUT2D eigenvalue weighted by atomic mass is 16.5. The maximum atomic E-state index is 5.88. The first-order chi connectivity index (χ1) is 9.47. The van der Waals surface area contributed by atoms with E-state index in [0.29, 0.717) is 17.8 Å². The lowest BCUT2D eigenvalue weighted by Crippen LogP contribution is -2.39. The predicted octanol–water partition coefficient (Wildman–Crippen LogP) is 2.73. The van der Waals surface area contributed by atoms with E-state index in [0.717, 1.165) is 24.4 Å². The molecule has 0 saturated heterocycles. The van der Waals surface area contributed by atoms with E-state index < -0.39 is 0 Å². The zero-order chi connectivity index (χ0) is 15.3. The molecule has 0 fully saturated rings. The average molecular weight is 282 g/mol. The van der Waals surface area contributed by atoms with Crippen LogP contribution in [0.15, 0.2) is 6.20 Å². The molecule has 20 heavy (non-hydrogen) atoms. The van der Waals surface area contributed by atoms with Crippen LogP contribution in [0.2, 0.25) is 0 Å². The van der Waals surface area contributed by atoms with Gasteiger partial charge >= 0.3 is 0 Å². The van der Waals surface area contributed by atoms with Gasteiger partial charge in [0.05, 0.1) is 25.0 Å². The van der Waals surface area contributed by atoms with Crippen molar-refractivity contribution in [2.24, 2.45) is 23.6 Å². The number of hydrogen-bond donors (Lipinski definition) is 2. The summed E-state index contributed by atoms with van der Waals surface area (Å²) in [4.78, 5) is 0. The first-order valence-electron chi connectivity index (χ1n) is 7.53. The smallest absolute Gasteiger partial charge is 0.161 e. The molecule has 3 N–H and O–H groups in total. The number of ether oxygens (including phenoxy) is 1. The maximum Gasteiger partial charge on any atom is 0.161 e. The Kier molecular flexibility index (Phi) is 6.49. The largest absolute Gasteiger partial charge is 0.493 e. The van der Waals surface area contributed by atoms with Gasteiger partial charge in [0.1, 0.15) is 0 Å². The molecule has 1 heterocycles. The summed E-state index contributed by atoms with van der Waals surface area (Å²) in [6.07, 6.45) is 2.82. The molecular weight excluding hydrogens is 252 g/mol. The number of aromatic nitrogens is 2. The van der Waals surface area contributed by atoms with E-state index >= 15 is 0 Å². The highest BCUT2D eigenvalue weighted by Crippen LogP contribution is 2.37. The lowest BCUT2D eigenvalue weighted by molar-refractivity contribution is 0.199. The van der Waals surface area contributed by atoms with E-state index in [1.54, 1.807) is 13.3 Å². The van der Waals surface area contributed by atoms with Crippen LogP contribution in [-0.4, -0.2) is 16.9 Å². The number of rotatable bonds is 8. The van der Waals surface area contributed by atoms with Crippen LogP contribution in [0.1, 0.15) is 52.8 Å². The van der Waals surface area contributed by atoms with Crippen molar-refractivity contribution in [2.45, 2.75) is 53.6 Å². The summed E-state index contributed by atoms with van der Waals surface area (Å²) < 4.78 is 7.50. The van der Waals surface area contributed by atoms with Crippen molar-refractivity contribution in [3.8, 4) is 5.75 Å². The second kappa shape index (κ2) is 7.64. The van der Waals surface area contributed by atoms with E-state index in [-0.39, 0.29) is 6.04 Å². The molecule has 1 aromatic rings. The topological polar surface area (TPSA) is 65.1 Å². The highest BCUT2D eigenvalue weighted by Gasteiger charge is 2.32. The fraction of sp³-hybridized carbons (Fsp3) is 0.800. The van der Waals surface area contributed by atoms with Crippen LogP contribution in [0.3, 0.4) is 0 Å². The van der Waals surface area contributed by atoms with Gasteiger partial charge in [-0.25, -0.2) is 0 Å². The molecule has 1 atom stereocenters. The molecule has 1 aromatic heterocycles. The van der Waals surface area contributed by atoms with Gasteiger partial charge in [0, 0.05) is 6.54 Å². The predicted molar refractivity (Wildman–Crippen MR) is 82.3 cm³/mol. The molecule has 0 aliphatic carbocycles. The Labute approximate surface area is 122 Å². The minimum Gasteiger partial charge on any atom is -0.493 e. The Balaban J connectivity index is 3.24. The monoisotopic (exact) mass is 282 g/mol. The molecule has 0 radical (unpaired) electrons. The summed E-state index contributed by atoms with van der Waals surface area (Å²) in [5, 5.41) is 4.44. The van der Waals surface area contributed by atoms with E-state index in [1.165, 1.54) is 0 Å². The minimum atomic E-state index is 0.0407. The Hall–Kier alpha value is -1.07. The third-order valence-corrected chi connectivity index (χ3v) is 3.90. The van der Waals surface area contributed by atoms with Crippen LogP contribution in [-0.2, 0) is 6.54 Å². The first kappa shape index (κ1) is 17.0. The van der Waals surface area contributed by atoms with Crippen LogP contribution in [0, 0.1) is 17.8 Å². The van der Waals surface area contributed by atoms with Crippen molar-refractivity contribution in [2.75, 3.05) is 7.11 Å². The summed E-state index contributed by atoms with van der Waals surface area (Å²) in [6, 6.07) is 0.0407. The Bertz CT molecular complexity index is 393. The first-order valence-corrected chi connectivity index (χ1v) is 7.53. The van der Waals surface area contributed by atoms with Crippen LogP contribution in [0.4, 0.5) is 0 Å². The van der Waals surface area contributed by atoms with E-state index in [9.17, 15) is 0 Å². The van der Waals surface area contributed by atoms with Crippen molar-refractivity contribution in [1.29, 1.82) is 0 Å². The van der Waals surface area contributed by atoms with Gasteiger partial charge < -0.3 is 4.74 Å². The number of nitrogens with one attached hydrogen (secondary N) is 1. The van der Waals surface area contributed by atoms with Crippen molar-refractivity contribution in [3.63, 3.8) is 0 Å². The normalized spacial score (nSPS) is 13.5. The zero-order valence-corrected chi connectivity index (χ0v) is 13.7. The SMILES string of the molecule is CCCn1ncc(OC)c1C(NN)C(C(C)C)C(C)C. The molecule has 0 spiro atoms. The molecule has 5 nitrogen and oxygen atoms in total. The van der Waals surface area contributed by atoms with Gasteiger partial charge in [-0.3, -0.25) is 16.0 Å². The molecule has 0 amide bonds. The van der Waals surface area contributed by atoms with E-state index in [4.69, 9.17) is 10.6 Å². The lowest BCUT2D eigenvalue weighted by Gasteiger charge is -2.33. The van der Waals surface area contributed by atoms with Crippen molar-refractivity contribution >= 4 is 0 Å². The molecular formula is C15H30N4O. The molecule has 0 saturated carbocycles. The van der Waals surface area contributed by atoms with Crippen LogP contribution in [0.5, 0.6) is 5.75 Å². The molecule has 1 rings (SSSR count). The van der Waals surface area contributed by atoms with Gasteiger partial charge in [-0.05, 0) is 24.2 Å². The summed E-state index contributed by atoms with van der Waals surface area (Å²) in [5.41, 5.74) is 4.06. The van der Waals surface area contributed by atoms with E-state index in [2.05, 4.69) is 45.1 Å². The molecule has 0 aliphatic rings. The average Bonchev–Trinajstić information content (AvgIpc) is 2.78. The number of hydrazine groups is 1. The van der Waals surface area contributed by atoms with Crippen molar-refractivity contribution in [1.82, 2.24) is 15.2 Å². The van der Waals surface area contributed by atoms with Gasteiger partial charge in [0.15, 0.2) is 5.75 Å². The molecule has 116 valence electrons. The third-order valence-electron chi connectivity index (χ3n) is 3.90. The second-order valence-electron chi connectivity index (χ2n) is 6.03. The highest BCUT2D eigenvalue weighted by molar-refractivity contribution is 5.29. The Morgan fingerprint density at radius 2 is 1.90 bits per heavy atom. The number of methoxy groups -OCH3 is 1. The maximum absolute atomic E-state index is 5.88. The molecule has 1 unspecified atom stereocenters. The summed E-state index contributed by atoms with van der Waals surface area (Å²) in [6.45, 7) is 12.0. The molecule has 0 aromatic carbocycles. The van der Waals surface area contributed by atoms with E-state index in [1.807, 2.05) is 4.68 Å². The lowest BCUT2D eigenvalue weighted by atomic mass is 9.78. The van der Waals surface area contributed by atoms with Gasteiger partial charge in [-0.2, -0.15) is 5.10 Å². The number of aryl methyl sites for hydroxylation is 1. The quantitative estimate of drug-likeness (QED) is 0.568. The van der Waals surface area contributed by atoms with Gasteiger partial charge in [-0.15, -0.1) is 0 Å². The van der Waals surface area contributed by atoms with Crippen molar-refractivity contribution in [3.05, 3.63) is 11.9 Å². The Morgan fingerprint density at radius 3 is 2.30 bits per heavy atom. The van der Waals surface area contributed by atoms with Crippen LogP contribution in [0.25, 0.3) is 0 Å². The Morgan fingerprint density at radius 1 is 1.30 bits per heavy atom. The van der Waals surface area contributed by atoms with Crippen LogP contribution < -0.4 is 16.0 Å². The summed E-state index contributed by atoms with van der Waals surface area (Å²) in [5.74, 6) is 8.15. The van der Waals surface area contributed by atoms with Crippen molar-refractivity contribution < 1.29 is 4.74 Å². The third kappa shape index (κ3) is 3.52. The van der Waals surface area contributed by atoms with Crippen LogP contribution >= 0.6 is 0 Å².